The summed E-state index contributed by atoms with van der Waals surface area (Å²) in [5.74, 6) is 0.0179. The van der Waals surface area contributed by atoms with Crippen molar-refractivity contribution in [1.29, 1.82) is 5.26 Å². The number of carboxylic acid groups (broad SMARTS) is 1. The number of aromatic nitrogens is 1. The topological polar surface area (TPSA) is 107 Å². The molecule has 3 fully saturated rings. The molecular weight excluding hydrogens is 538 g/mol. The van der Waals surface area contributed by atoms with E-state index in [1.807, 2.05) is 6.92 Å². The van der Waals surface area contributed by atoms with Crippen LogP contribution < -0.4 is 4.74 Å². The van der Waals surface area contributed by atoms with Crippen molar-refractivity contribution in [2.45, 2.75) is 88.8 Å². The second kappa shape index (κ2) is 11.0. The number of pyridine rings is 1. The fourth-order valence-electron chi connectivity index (χ4n) is 7.68. The standard InChI is InChI=1S/C36H39N3O4/c1-22(35(41)42)34(24-5-6-24)26-7-4-23-9-11-31(43-32(23)17-26)25-8-10-29(30-18-33(40)38-20-28(30)19-37)27(16-25)21-39-15-3-2-12-36(39)13-14-36/h4,7-8,10,16-18,20,22,24,31,34H,2-3,5-6,9,11-15,21H2,1H3,(H,38,40)(H,41,42)/t22-,31-,34-/m0/s1. The van der Waals surface area contributed by atoms with Crippen molar-refractivity contribution in [2.24, 2.45) is 11.8 Å². The van der Waals surface area contributed by atoms with Crippen molar-refractivity contribution in [3.8, 4) is 28.8 Å². The fourth-order valence-corrected chi connectivity index (χ4v) is 7.68. The van der Waals surface area contributed by atoms with Crippen LogP contribution in [0.5, 0.6) is 11.6 Å². The summed E-state index contributed by atoms with van der Waals surface area (Å²) in [6, 6.07) is 16.6. The quantitative estimate of drug-likeness (QED) is 0.293. The van der Waals surface area contributed by atoms with Crippen LogP contribution in [0.4, 0.5) is 0 Å². The lowest BCUT2D eigenvalue weighted by molar-refractivity contribution is -0.142. The Kier molecular flexibility index (Phi) is 7.13. The summed E-state index contributed by atoms with van der Waals surface area (Å²) < 4.78 is 6.69. The molecule has 4 aliphatic rings. The highest BCUT2D eigenvalue weighted by Gasteiger charge is 2.48. The predicted molar refractivity (Wildman–Crippen MR) is 163 cm³/mol. The number of rotatable bonds is 8. The van der Waals surface area contributed by atoms with Crippen molar-refractivity contribution in [2.75, 3.05) is 6.54 Å². The SMILES string of the molecule is C[C@H](C(=O)O)[C@H](c1ccc2c(c1)O[C@H](c1ccc(-c3cc(O)ncc3C#N)c(CN3CCCCC34CC4)c1)CC2)C1CC1. The van der Waals surface area contributed by atoms with E-state index in [2.05, 4.69) is 52.4 Å². The van der Waals surface area contributed by atoms with E-state index in [0.717, 1.165) is 66.8 Å². The molecule has 1 saturated heterocycles. The Morgan fingerprint density at radius 3 is 2.70 bits per heavy atom. The lowest BCUT2D eigenvalue weighted by atomic mass is 9.82. The van der Waals surface area contributed by atoms with E-state index >= 15 is 0 Å². The third-order valence-corrected chi connectivity index (χ3v) is 10.5. The molecule has 1 aromatic heterocycles. The minimum Gasteiger partial charge on any atom is -0.493 e. The van der Waals surface area contributed by atoms with Gasteiger partial charge in [0, 0.05) is 29.9 Å². The third-order valence-electron chi connectivity index (χ3n) is 10.5. The summed E-state index contributed by atoms with van der Waals surface area (Å²) in [5.41, 5.74) is 6.89. The van der Waals surface area contributed by atoms with Crippen molar-refractivity contribution < 1.29 is 19.7 Å². The molecule has 7 rings (SSSR count). The van der Waals surface area contributed by atoms with E-state index in [9.17, 15) is 20.3 Å². The number of hydrogen-bond donors (Lipinski definition) is 2. The van der Waals surface area contributed by atoms with Crippen molar-refractivity contribution in [1.82, 2.24) is 9.88 Å². The number of aromatic hydroxyl groups is 1. The zero-order valence-electron chi connectivity index (χ0n) is 24.8. The van der Waals surface area contributed by atoms with Crippen LogP contribution in [0.2, 0.25) is 0 Å². The second-order valence-corrected chi connectivity index (χ2v) is 13.2. The number of benzene rings is 2. The molecule has 0 radical (unpaired) electrons. The molecule has 7 nitrogen and oxygen atoms in total. The van der Waals surface area contributed by atoms with Crippen LogP contribution in [0.15, 0.2) is 48.7 Å². The van der Waals surface area contributed by atoms with E-state index in [4.69, 9.17) is 4.74 Å². The predicted octanol–water partition coefficient (Wildman–Crippen LogP) is 7.12. The normalized spacial score (nSPS) is 22.2. The van der Waals surface area contributed by atoms with E-state index in [-0.39, 0.29) is 17.9 Å². The zero-order valence-corrected chi connectivity index (χ0v) is 24.8. The fraction of sp³-hybridized carbons (Fsp3) is 0.472. The van der Waals surface area contributed by atoms with Crippen molar-refractivity contribution in [3.05, 3.63) is 76.5 Å². The molecular formula is C36H39N3O4. The number of nitriles is 1. The van der Waals surface area contributed by atoms with Crippen molar-refractivity contribution >= 4 is 5.97 Å². The van der Waals surface area contributed by atoms with Gasteiger partial charge in [0.05, 0.1) is 11.5 Å². The molecule has 2 aliphatic carbocycles. The lowest BCUT2D eigenvalue weighted by Crippen LogP contribution is -2.40. The van der Waals surface area contributed by atoms with Crippen LogP contribution in [-0.2, 0) is 17.8 Å². The number of hydrogen-bond acceptors (Lipinski definition) is 6. The van der Waals surface area contributed by atoms with Gasteiger partial charge in [0.1, 0.15) is 17.9 Å². The first kappa shape index (κ1) is 27.9. The first-order valence-corrected chi connectivity index (χ1v) is 15.8. The van der Waals surface area contributed by atoms with Crippen LogP contribution in [-0.4, -0.2) is 38.1 Å². The molecule has 0 unspecified atom stereocenters. The molecule has 7 heteroatoms. The highest BCUT2D eigenvalue weighted by atomic mass is 16.5. The minimum absolute atomic E-state index is 0.00283. The molecule has 0 amide bonds. The van der Waals surface area contributed by atoms with E-state index in [1.165, 1.54) is 43.9 Å². The van der Waals surface area contributed by atoms with Gasteiger partial charge in [0.15, 0.2) is 0 Å². The Bertz CT molecular complexity index is 1600. The summed E-state index contributed by atoms with van der Waals surface area (Å²) in [7, 11) is 0. The molecule has 0 bridgehead atoms. The van der Waals surface area contributed by atoms with Gasteiger partial charge in [-0.05, 0) is 104 Å². The Hall–Kier alpha value is -3.89. The minimum atomic E-state index is -0.746. The van der Waals surface area contributed by atoms with Gasteiger partial charge >= 0.3 is 5.97 Å². The van der Waals surface area contributed by atoms with Gasteiger partial charge in [-0.2, -0.15) is 5.26 Å². The third kappa shape index (κ3) is 5.38. The van der Waals surface area contributed by atoms with Gasteiger partial charge in [-0.3, -0.25) is 9.69 Å². The van der Waals surface area contributed by atoms with Crippen LogP contribution in [0.25, 0.3) is 11.1 Å². The summed E-state index contributed by atoms with van der Waals surface area (Å²) in [4.78, 5) is 18.5. The van der Waals surface area contributed by atoms with Gasteiger partial charge in [-0.1, -0.05) is 43.7 Å². The number of carboxylic acids is 1. The molecule has 222 valence electrons. The maximum atomic E-state index is 11.9. The Morgan fingerprint density at radius 1 is 1.12 bits per heavy atom. The van der Waals surface area contributed by atoms with Crippen LogP contribution in [0.1, 0.15) is 98.1 Å². The van der Waals surface area contributed by atoms with E-state index < -0.39 is 11.9 Å². The molecule has 2 N–H and O–H groups in total. The van der Waals surface area contributed by atoms with Gasteiger partial charge in [-0.25, -0.2) is 4.98 Å². The maximum absolute atomic E-state index is 11.9. The van der Waals surface area contributed by atoms with Crippen LogP contribution >= 0.6 is 0 Å². The number of ether oxygens (including phenoxy) is 1. The van der Waals surface area contributed by atoms with Gasteiger partial charge in [-0.15, -0.1) is 0 Å². The molecule has 2 aliphatic heterocycles. The second-order valence-electron chi connectivity index (χ2n) is 13.2. The highest BCUT2D eigenvalue weighted by molar-refractivity contribution is 5.74. The number of carbonyl (C=O) groups is 1. The van der Waals surface area contributed by atoms with Crippen molar-refractivity contribution in [3.63, 3.8) is 0 Å². The zero-order chi connectivity index (χ0) is 29.7. The monoisotopic (exact) mass is 577 g/mol. The van der Waals surface area contributed by atoms with Gasteiger partial charge < -0.3 is 14.9 Å². The lowest BCUT2D eigenvalue weighted by Gasteiger charge is -2.37. The van der Waals surface area contributed by atoms with Gasteiger partial charge in [0.25, 0.3) is 0 Å². The van der Waals surface area contributed by atoms with E-state index in [0.29, 0.717) is 22.6 Å². The summed E-state index contributed by atoms with van der Waals surface area (Å²) in [6.45, 7) is 3.69. The average Bonchev–Trinajstić information content (AvgIpc) is 3.96. The molecule has 3 heterocycles. The molecule has 3 aromatic rings. The summed E-state index contributed by atoms with van der Waals surface area (Å²) in [5, 5.41) is 29.9. The molecule has 2 aromatic carbocycles. The smallest absolute Gasteiger partial charge is 0.306 e. The number of piperidine rings is 1. The Labute approximate surface area is 253 Å². The summed E-state index contributed by atoms with van der Waals surface area (Å²) >= 11 is 0. The summed E-state index contributed by atoms with van der Waals surface area (Å²) in [6.07, 6.45) is 11.5. The van der Waals surface area contributed by atoms with Gasteiger partial charge in [0.2, 0.25) is 5.88 Å². The Balaban J connectivity index is 1.22. The van der Waals surface area contributed by atoms with Crippen LogP contribution in [0, 0.1) is 23.2 Å². The first-order chi connectivity index (χ1) is 20.8. The van der Waals surface area contributed by atoms with E-state index in [1.54, 1.807) is 6.07 Å². The largest absolute Gasteiger partial charge is 0.493 e. The maximum Gasteiger partial charge on any atom is 0.306 e. The number of likely N-dealkylation sites (tertiary alicyclic amines) is 1. The first-order valence-electron chi connectivity index (χ1n) is 15.8. The molecule has 3 atom stereocenters. The molecule has 43 heavy (non-hydrogen) atoms. The Morgan fingerprint density at radius 2 is 1.95 bits per heavy atom. The number of fused-ring (bicyclic) bond motifs is 1. The number of nitrogens with zero attached hydrogens (tertiary/aromatic N) is 3. The number of aliphatic carboxylic acids is 1. The molecule has 1 spiro atoms. The molecule has 2 saturated carbocycles. The van der Waals surface area contributed by atoms with Crippen LogP contribution in [0.3, 0.4) is 0 Å². The number of aryl methyl sites for hydroxylation is 1. The highest BCUT2D eigenvalue weighted by Crippen LogP contribution is 2.50. The average molecular weight is 578 g/mol.